The second-order valence-electron chi connectivity index (χ2n) is 11.6. The van der Waals surface area contributed by atoms with Crippen molar-refractivity contribution in [2.24, 2.45) is 22.7 Å². The van der Waals surface area contributed by atoms with Gasteiger partial charge in [-0.15, -0.1) is 0 Å². The summed E-state index contributed by atoms with van der Waals surface area (Å²) in [6.45, 7) is 4.79. The molecular weight excluding hydrogens is 509 g/mol. The minimum atomic E-state index is -2.41. The Balaban J connectivity index is 1.40. The number of hydrogen-bond acceptors (Lipinski definition) is 7. The smallest absolute Gasteiger partial charge is 0.354 e. The molecule has 1 heterocycles. The van der Waals surface area contributed by atoms with E-state index in [9.17, 15) is 23.9 Å². The van der Waals surface area contributed by atoms with Crippen LogP contribution in [0.1, 0.15) is 52.9 Å². The van der Waals surface area contributed by atoms with Crippen molar-refractivity contribution < 1.29 is 42.1 Å². The molecule has 6 nitrogen and oxygen atoms in total. The predicted molar refractivity (Wildman–Crippen MR) is 129 cm³/mol. The number of carbonyl (C=O) groups excluding carboxylic acids is 3. The summed E-state index contributed by atoms with van der Waals surface area (Å²) in [5.74, 6) is -2.25. The summed E-state index contributed by atoms with van der Waals surface area (Å²) in [5.41, 5.74) is -7.99. The number of thioether (sulfide) groups is 1. The highest BCUT2D eigenvalue weighted by atomic mass is 32.2. The number of rotatable bonds is 4. The molecule has 0 spiro atoms. The monoisotopic (exact) mass is 540 g/mol. The molecule has 3 unspecified atom stereocenters. The molecule has 0 radical (unpaired) electrons. The van der Waals surface area contributed by atoms with Crippen LogP contribution in [-0.2, 0) is 23.9 Å². The molecule has 37 heavy (non-hydrogen) atoms. The molecule has 3 fully saturated rings. The fraction of sp³-hybridized carbons (Fsp3) is 0.667. The average molecular weight is 541 g/mol. The van der Waals surface area contributed by atoms with Gasteiger partial charge in [-0.2, -0.15) is 0 Å². The highest BCUT2D eigenvalue weighted by molar-refractivity contribution is 8.13. The van der Waals surface area contributed by atoms with Crippen LogP contribution in [0.15, 0.2) is 36.1 Å². The first-order valence-electron chi connectivity index (χ1n) is 12.6. The number of fused-ring (bicyclic) bond motifs is 5. The molecule has 0 aromatic heterocycles. The number of hydrogen-bond donors (Lipinski definition) is 1. The molecule has 1 N–H and O–H groups in total. The molecule has 0 saturated heterocycles. The van der Waals surface area contributed by atoms with Gasteiger partial charge in [-0.25, -0.2) is 18.0 Å². The summed E-state index contributed by atoms with van der Waals surface area (Å²) in [6.07, 6.45) is 5.27. The Kier molecular flexibility index (Phi) is 6.07. The quantitative estimate of drug-likeness (QED) is 0.527. The van der Waals surface area contributed by atoms with Gasteiger partial charge in [-0.1, -0.05) is 24.8 Å². The van der Waals surface area contributed by atoms with Gasteiger partial charge in [-0.05, 0) is 75.7 Å². The Morgan fingerprint density at radius 3 is 2.62 bits per heavy atom. The number of allylic oxidation sites excluding steroid dienone is 4. The van der Waals surface area contributed by atoms with Crippen molar-refractivity contribution in [3.05, 3.63) is 36.1 Å². The van der Waals surface area contributed by atoms with Gasteiger partial charge in [0, 0.05) is 16.7 Å². The number of halogens is 3. The van der Waals surface area contributed by atoms with Gasteiger partial charge < -0.3 is 14.6 Å². The maximum atomic E-state index is 17.0. The van der Waals surface area contributed by atoms with Crippen molar-refractivity contribution in [3.8, 4) is 0 Å². The lowest BCUT2D eigenvalue weighted by Crippen LogP contribution is -2.63. The van der Waals surface area contributed by atoms with Crippen LogP contribution in [0.5, 0.6) is 0 Å². The molecular formula is C27H31F3O6S. The molecule has 9 atom stereocenters. The molecule has 1 aliphatic heterocycles. The predicted octanol–water partition coefficient (Wildman–Crippen LogP) is 4.47. The second kappa shape index (κ2) is 8.46. The van der Waals surface area contributed by atoms with E-state index in [1.807, 2.05) is 6.92 Å². The van der Waals surface area contributed by atoms with E-state index in [4.69, 9.17) is 9.47 Å². The van der Waals surface area contributed by atoms with Gasteiger partial charge in [0.2, 0.25) is 16.3 Å². The fourth-order valence-corrected chi connectivity index (χ4v) is 8.19. The van der Waals surface area contributed by atoms with E-state index in [0.29, 0.717) is 19.3 Å². The van der Waals surface area contributed by atoms with E-state index in [1.54, 1.807) is 6.92 Å². The Bertz CT molecular complexity index is 1140. The van der Waals surface area contributed by atoms with Gasteiger partial charge in [-0.3, -0.25) is 9.59 Å². The van der Waals surface area contributed by atoms with Crippen LogP contribution >= 0.6 is 11.8 Å². The van der Waals surface area contributed by atoms with Gasteiger partial charge >= 0.3 is 5.97 Å². The number of alkyl halides is 3. The number of aliphatic hydroxyl groups is 1. The van der Waals surface area contributed by atoms with Crippen LogP contribution in [0.3, 0.4) is 0 Å². The number of ketones is 1. The molecule has 0 aromatic carbocycles. The topological polar surface area (TPSA) is 89.9 Å². The summed E-state index contributed by atoms with van der Waals surface area (Å²) in [7, 11) is 0. The Hall–Kier alpha value is -2.07. The molecule has 5 aliphatic rings. The molecule has 5 rings (SSSR count). The minimum absolute atomic E-state index is 0.0561. The zero-order chi connectivity index (χ0) is 27.0. The molecule has 202 valence electrons. The fourth-order valence-electron chi connectivity index (χ4n) is 7.61. The van der Waals surface area contributed by atoms with Gasteiger partial charge in [0.05, 0.1) is 6.26 Å². The summed E-state index contributed by atoms with van der Waals surface area (Å²) in [5, 5.41) is 9.97. The van der Waals surface area contributed by atoms with E-state index in [-0.39, 0.29) is 41.9 Å². The standard InChI is InChI=1S/C27H31F3O6S/c1-23-8-9-26(30)17(13-19(29)18-12-15(31)6-7-24(18,26)2)16(23)4-5-20(23)36-21(32)25(3)27(34,10-11-35-25)22(33)37-14-28/h6-7,10-12,16-17,19-20,34H,4-5,8-9,13-14H2,1-3H3/t16-,17-,19-,20?,23-,24-,25?,26+,27?/m0/s1. The van der Waals surface area contributed by atoms with E-state index < -0.39 is 63.0 Å². The molecule has 0 amide bonds. The van der Waals surface area contributed by atoms with E-state index in [0.717, 1.165) is 12.3 Å². The molecule has 0 aromatic rings. The minimum Gasteiger partial charge on any atom is -0.480 e. The summed E-state index contributed by atoms with van der Waals surface area (Å²) in [6, 6.07) is -1.08. The van der Waals surface area contributed by atoms with Crippen LogP contribution in [0.25, 0.3) is 0 Å². The second-order valence-corrected chi connectivity index (χ2v) is 12.4. The molecule has 4 aliphatic carbocycles. The summed E-state index contributed by atoms with van der Waals surface area (Å²) >= 11 is 0.225. The van der Waals surface area contributed by atoms with Crippen LogP contribution in [0, 0.1) is 22.7 Å². The SMILES string of the molecule is CC1(C(=O)OC2CC[C@H]3[C@@H]4C[C@H](F)C5=CC(=O)C=C[C@]5(C)[C@@]4(F)CC[C@]23C)OC=CC1(O)C(=O)SCF. The van der Waals surface area contributed by atoms with Crippen molar-refractivity contribution in [3.63, 3.8) is 0 Å². The third kappa shape index (κ3) is 3.40. The molecule has 0 bridgehead atoms. The lowest BCUT2D eigenvalue weighted by atomic mass is 9.46. The van der Waals surface area contributed by atoms with Gasteiger partial charge in [0.25, 0.3) is 0 Å². The number of carbonyl (C=O) groups is 3. The highest BCUT2D eigenvalue weighted by Gasteiger charge is 2.70. The Morgan fingerprint density at radius 2 is 1.92 bits per heavy atom. The maximum Gasteiger partial charge on any atom is 0.354 e. The van der Waals surface area contributed by atoms with E-state index in [1.165, 1.54) is 25.2 Å². The molecule has 10 heteroatoms. The third-order valence-electron chi connectivity index (χ3n) is 10.0. The van der Waals surface area contributed by atoms with Crippen molar-refractivity contribution in [1.29, 1.82) is 0 Å². The molecule has 3 saturated carbocycles. The zero-order valence-corrected chi connectivity index (χ0v) is 21.8. The van der Waals surface area contributed by atoms with Crippen LogP contribution in [0.4, 0.5) is 13.2 Å². The van der Waals surface area contributed by atoms with Crippen LogP contribution in [-0.4, -0.2) is 57.1 Å². The third-order valence-corrected chi connectivity index (χ3v) is 10.7. The summed E-state index contributed by atoms with van der Waals surface area (Å²) < 4.78 is 56.4. The van der Waals surface area contributed by atoms with Crippen molar-refractivity contribution in [1.82, 2.24) is 0 Å². The zero-order valence-electron chi connectivity index (χ0n) is 21.0. The highest BCUT2D eigenvalue weighted by Crippen LogP contribution is 2.68. The summed E-state index contributed by atoms with van der Waals surface area (Å²) in [4.78, 5) is 37.7. The van der Waals surface area contributed by atoms with Crippen molar-refractivity contribution >= 4 is 28.6 Å². The van der Waals surface area contributed by atoms with Crippen LogP contribution < -0.4 is 0 Å². The first-order chi connectivity index (χ1) is 17.3. The normalized spacial score (nSPS) is 48.0. The largest absolute Gasteiger partial charge is 0.480 e. The number of esters is 1. The maximum absolute atomic E-state index is 17.0. The van der Waals surface area contributed by atoms with E-state index in [2.05, 4.69) is 0 Å². The lowest BCUT2D eigenvalue weighted by Gasteiger charge is -2.60. The lowest BCUT2D eigenvalue weighted by molar-refractivity contribution is -0.197. The van der Waals surface area contributed by atoms with Crippen molar-refractivity contribution in [2.45, 2.75) is 82.0 Å². The first-order valence-corrected chi connectivity index (χ1v) is 13.6. The van der Waals surface area contributed by atoms with Crippen molar-refractivity contribution in [2.75, 3.05) is 6.01 Å². The Labute approximate surface area is 217 Å². The first kappa shape index (κ1) is 26.5. The Morgan fingerprint density at radius 1 is 1.19 bits per heavy atom. The van der Waals surface area contributed by atoms with Gasteiger partial charge in [0.1, 0.15) is 24.0 Å². The average Bonchev–Trinajstić information content (AvgIpc) is 3.34. The number of ether oxygens (including phenoxy) is 2. The van der Waals surface area contributed by atoms with Crippen LogP contribution in [0.2, 0.25) is 0 Å². The van der Waals surface area contributed by atoms with E-state index >= 15 is 8.78 Å². The van der Waals surface area contributed by atoms with Gasteiger partial charge in [0.15, 0.2) is 5.78 Å².